The Hall–Kier alpha value is -0.0800. The molecule has 0 bridgehead atoms. The number of piperidine rings is 1. The van der Waals surface area contributed by atoms with Crippen molar-refractivity contribution in [3.63, 3.8) is 0 Å². The van der Waals surface area contributed by atoms with E-state index in [1.54, 1.807) is 0 Å². The molecule has 18 heavy (non-hydrogen) atoms. The van der Waals surface area contributed by atoms with Gasteiger partial charge in [-0.25, -0.2) is 0 Å². The van der Waals surface area contributed by atoms with E-state index in [0.717, 1.165) is 18.0 Å². The van der Waals surface area contributed by atoms with Gasteiger partial charge in [0, 0.05) is 25.2 Å². The molecule has 1 heterocycles. The molecule has 2 atom stereocenters. The maximum Gasteiger partial charge on any atom is 0.0192 e. The van der Waals surface area contributed by atoms with E-state index in [4.69, 9.17) is 0 Å². The lowest BCUT2D eigenvalue weighted by Gasteiger charge is -2.37. The fourth-order valence-corrected chi connectivity index (χ4v) is 3.60. The summed E-state index contributed by atoms with van der Waals surface area (Å²) >= 11 is 0. The van der Waals surface area contributed by atoms with Gasteiger partial charge in [-0.3, -0.25) is 4.90 Å². The number of nitrogens with zero attached hydrogens (tertiary/aromatic N) is 1. The highest BCUT2D eigenvalue weighted by Crippen LogP contribution is 2.21. The monoisotopic (exact) mass is 252 g/mol. The molecule has 1 N–H and O–H groups in total. The molecule has 2 fully saturated rings. The Morgan fingerprint density at radius 2 is 1.89 bits per heavy atom. The fraction of sp³-hybridized carbons (Fsp3) is 1.00. The molecule has 2 rings (SSSR count). The first-order chi connectivity index (χ1) is 8.79. The van der Waals surface area contributed by atoms with E-state index in [1.165, 1.54) is 71.0 Å². The maximum absolute atomic E-state index is 3.81. The van der Waals surface area contributed by atoms with Gasteiger partial charge in [-0.1, -0.05) is 32.6 Å². The van der Waals surface area contributed by atoms with Crippen molar-refractivity contribution in [2.45, 2.75) is 77.3 Å². The van der Waals surface area contributed by atoms with Crippen LogP contribution < -0.4 is 5.32 Å². The molecule has 2 unspecified atom stereocenters. The molecule has 2 nitrogen and oxygen atoms in total. The van der Waals surface area contributed by atoms with Crippen LogP contribution in [0.4, 0.5) is 0 Å². The van der Waals surface area contributed by atoms with Crippen LogP contribution in [0.25, 0.3) is 0 Å². The molecule has 2 aliphatic rings. The Bertz CT molecular complexity index is 223. The molecule has 1 aliphatic heterocycles. The molecule has 0 spiro atoms. The predicted molar refractivity (Wildman–Crippen MR) is 78.9 cm³/mol. The van der Waals surface area contributed by atoms with E-state index in [0.29, 0.717) is 0 Å². The first-order valence-corrected chi connectivity index (χ1v) is 8.27. The molecule has 0 radical (unpaired) electrons. The van der Waals surface area contributed by atoms with Crippen LogP contribution in [0.5, 0.6) is 0 Å². The summed E-state index contributed by atoms with van der Waals surface area (Å²) in [4.78, 5) is 2.72. The fourth-order valence-electron chi connectivity index (χ4n) is 3.60. The second kappa shape index (κ2) is 7.49. The molecule has 0 amide bonds. The average molecular weight is 252 g/mol. The minimum Gasteiger partial charge on any atom is -0.312 e. The van der Waals surface area contributed by atoms with Crippen molar-refractivity contribution in [2.75, 3.05) is 19.6 Å². The van der Waals surface area contributed by atoms with Crippen molar-refractivity contribution in [2.24, 2.45) is 5.92 Å². The maximum atomic E-state index is 3.81. The summed E-state index contributed by atoms with van der Waals surface area (Å²) in [5, 5.41) is 3.81. The van der Waals surface area contributed by atoms with Gasteiger partial charge in [0.1, 0.15) is 0 Å². The van der Waals surface area contributed by atoms with Crippen LogP contribution in [0, 0.1) is 5.92 Å². The lowest BCUT2D eigenvalue weighted by Crippen LogP contribution is -2.47. The Morgan fingerprint density at radius 1 is 1.11 bits per heavy atom. The molecule has 2 heteroatoms. The van der Waals surface area contributed by atoms with Crippen molar-refractivity contribution >= 4 is 0 Å². The lowest BCUT2D eigenvalue weighted by atomic mass is 9.94. The predicted octanol–water partition coefficient (Wildman–Crippen LogP) is 3.42. The molecule has 1 saturated carbocycles. The van der Waals surface area contributed by atoms with E-state index in [2.05, 4.69) is 24.1 Å². The minimum absolute atomic E-state index is 0.723. The summed E-state index contributed by atoms with van der Waals surface area (Å²) in [7, 11) is 0. The first-order valence-electron chi connectivity index (χ1n) is 8.27. The largest absolute Gasteiger partial charge is 0.312 e. The van der Waals surface area contributed by atoms with Crippen LogP contribution in [0.3, 0.4) is 0 Å². The highest BCUT2D eigenvalue weighted by molar-refractivity contribution is 4.80. The third-order valence-electron chi connectivity index (χ3n) is 5.06. The Labute approximate surface area is 114 Å². The van der Waals surface area contributed by atoms with Gasteiger partial charge in [0.25, 0.3) is 0 Å². The van der Waals surface area contributed by atoms with Crippen molar-refractivity contribution in [1.29, 1.82) is 0 Å². The quantitative estimate of drug-likeness (QED) is 0.806. The van der Waals surface area contributed by atoms with Gasteiger partial charge >= 0.3 is 0 Å². The third kappa shape index (κ3) is 4.24. The van der Waals surface area contributed by atoms with Crippen LogP contribution in [0.1, 0.15) is 65.2 Å². The van der Waals surface area contributed by atoms with Crippen molar-refractivity contribution < 1.29 is 0 Å². The summed E-state index contributed by atoms with van der Waals surface area (Å²) in [6, 6.07) is 1.54. The molecule has 0 aromatic rings. The highest BCUT2D eigenvalue weighted by Gasteiger charge is 2.23. The van der Waals surface area contributed by atoms with E-state index >= 15 is 0 Å². The second-order valence-electron chi connectivity index (χ2n) is 6.50. The number of likely N-dealkylation sites (tertiary alicyclic amines) is 1. The molecule has 1 aliphatic carbocycles. The van der Waals surface area contributed by atoms with E-state index in [9.17, 15) is 0 Å². The van der Waals surface area contributed by atoms with Crippen molar-refractivity contribution in [3.8, 4) is 0 Å². The first kappa shape index (κ1) is 14.3. The summed E-state index contributed by atoms with van der Waals surface area (Å²) in [5.41, 5.74) is 0. The summed E-state index contributed by atoms with van der Waals surface area (Å²) in [6.45, 7) is 8.61. The summed E-state index contributed by atoms with van der Waals surface area (Å²) in [6.07, 6.45) is 11.4. The zero-order valence-corrected chi connectivity index (χ0v) is 12.5. The summed E-state index contributed by atoms with van der Waals surface area (Å²) in [5.74, 6) is 0.955. The van der Waals surface area contributed by atoms with Crippen LogP contribution in [-0.2, 0) is 0 Å². The highest BCUT2D eigenvalue weighted by atomic mass is 15.2. The normalized spacial score (nSPS) is 29.3. The topological polar surface area (TPSA) is 15.3 Å². The number of nitrogens with one attached hydrogen (secondary N) is 1. The molecule has 0 aromatic heterocycles. The van der Waals surface area contributed by atoms with Gasteiger partial charge in [-0.15, -0.1) is 0 Å². The Kier molecular flexibility index (Phi) is 5.97. The van der Waals surface area contributed by atoms with Gasteiger partial charge in [-0.2, -0.15) is 0 Å². The molecular weight excluding hydrogens is 220 g/mol. The van der Waals surface area contributed by atoms with Gasteiger partial charge in [0.2, 0.25) is 0 Å². The molecular formula is C16H32N2. The van der Waals surface area contributed by atoms with E-state index < -0.39 is 0 Å². The van der Waals surface area contributed by atoms with Crippen LogP contribution in [-0.4, -0.2) is 36.6 Å². The zero-order chi connectivity index (χ0) is 12.8. The van der Waals surface area contributed by atoms with E-state index in [-0.39, 0.29) is 0 Å². The third-order valence-corrected chi connectivity index (χ3v) is 5.06. The number of hydrogen-bond donors (Lipinski definition) is 1. The molecule has 0 aromatic carbocycles. The lowest BCUT2D eigenvalue weighted by molar-refractivity contribution is 0.124. The minimum atomic E-state index is 0.723. The van der Waals surface area contributed by atoms with Gasteiger partial charge in [0.05, 0.1) is 0 Å². The SMILES string of the molecule is CCC1CCCN(C(C)CNC2CCCCC2)C1. The average Bonchev–Trinajstić information content (AvgIpc) is 2.46. The molecule has 1 saturated heterocycles. The summed E-state index contributed by atoms with van der Waals surface area (Å²) < 4.78 is 0. The Balaban J connectivity index is 1.68. The number of rotatable bonds is 5. The van der Waals surface area contributed by atoms with Crippen LogP contribution >= 0.6 is 0 Å². The zero-order valence-electron chi connectivity index (χ0n) is 12.5. The van der Waals surface area contributed by atoms with Crippen LogP contribution in [0.2, 0.25) is 0 Å². The number of hydrogen-bond acceptors (Lipinski definition) is 2. The molecule has 106 valence electrons. The standard InChI is InChI=1S/C16H32N2/c1-3-15-8-7-11-18(13-15)14(2)12-17-16-9-5-4-6-10-16/h14-17H,3-13H2,1-2H3. The van der Waals surface area contributed by atoms with Crippen molar-refractivity contribution in [1.82, 2.24) is 10.2 Å². The van der Waals surface area contributed by atoms with Gasteiger partial charge < -0.3 is 5.32 Å². The van der Waals surface area contributed by atoms with Gasteiger partial charge in [0.15, 0.2) is 0 Å². The van der Waals surface area contributed by atoms with Crippen molar-refractivity contribution in [3.05, 3.63) is 0 Å². The van der Waals surface area contributed by atoms with E-state index in [1.807, 2.05) is 0 Å². The Morgan fingerprint density at radius 3 is 2.61 bits per heavy atom. The van der Waals surface area contributed by atoms with Crippen LogP contribution in [0.15, 0.2) is 0 Å². The van der Waals surface area contributed by atoms with Gasteiger partial charge in [-0.05, 0) is 45.1 Å². The second-order valence-corrected chi connectivity index (χ2v) is 6.50. The smallest absolute Gasteiger partial charge is 0.0192 e.